The molecule has 0 aliphatic carbocycles. The molecule has 202 valence electrons. The predicted molar refractivity (Wildman–Crippen MR) is 148 cm³/mol. The number of carbonyl (C=O) groups is 3. The first kappa shape index (κ1) is 34.8. The topological polar surface area (TPSA) is 105 Å². The van der Waals surface area contributed by atoms with Crippen molar-refractivity contribution >= 4 is 17.7 Å². The fourth-order valence-electron chi connectivity index (χ4n) is 3.81. The number of nitrogens with zero attached hydrogens (tertiary/aromatic N) is 1. The minimum Gasteiger partial charge on any atom is -0.359 e. The van der Waals surface area contributed by atoms with E-state index in [1.807, 2.05) is 44.7 Å². The third-order valence-corrected chi connectivity index (χ3v) is 5.64. The molecule has 0 aromatic carbocycles. The number of hydrogen-bond acceptors (Lipinski definition) is 4. The van der Waals surface area contributed by atoms with Gasteiger partial charge in [0, 0.05) is 32.5 Å². The SMILES string of the molecule is C=C/C=C(\C=C/CC)C(C)NC(=O)C(C)N1C(=O)CCCCC1CCC.CC.CNC(=O)CCN. The third kappa shape index (κ3) is 14.6. The molecule has 0 saturated carbocycles. The van der Waals surface area contributed by atoms with Gasteiger partial charge >= 0.3 is 0 Å². The van der Waals surface area contributed by atoms with Crippen LogP contribution in [0.4, 0.5) is 0 Å². The van der Waals surface area contributed by atoms with Gasteiger partial charge in [0.15, 0.2) is 0 Å². The van der Waals surface area contributed by atoms with Crippen LogP contribution in [0.15, 0.2) is 36.5 Å². The van der Waals surface area contributed by atoms with Crippen LogP contribution in [0.25, 0.3) is 0 Å². The summed E-state index contributed by atoms with van der Waals surface area (Å²) in [7, 11) is 1.60. The molecule has 0 radical (unpaired) electrons. The van der Waals surface area contributed by atoms with E-state index in [4.69, 9.17) is 5.73 Å². The van der Waals surface area contributed by atoms with Gasteiger partial charge in [0.25, 0.3) is 0 Å². The van der Waals surface area contributed by atoms with Gasteiger partial charge in [0.2, 0.25) is 17.7 Å². The second-order valence-electron chi connectivity index (χ2n) is 8.32. The van der Waals surface area contributed by atoms with E-state index in [9.17, 15) is 14.4 Å². The lowest BCUT2D eigenvalue weighted by Crippen LogP contribution is -2.53. The van der Waals surface area contributed by atoms with Crippen molar-refractivity contribution in [2.75, 3.05) is 13.6 Å². The molecule has 1 saturated heterocycles. The summed E-state index contributed by atoms with van der Waals surface area (Å²) < 4.78 is 0. The minimum absolute atomic E-state index is 0.00231. The van der Waals surface area contributed by atoms with Crippen molar-refractivity contribution in [1.82, 2.24) is 15.5 Å². The molecule has 1 aliphatic heterocycles. The molecule has 4 N–H and O–H groups in total. The first-order valence-corrected chi connectivity index (χ1v) is 13.3. The van der Waals surface area contributed by atoms with Crippen molar-refractivity contribution in [3.8, 4) is 0 Å². The number of nitrogens with one attached hydrogen (secondary N) is 2. The van der Waals surface area contributed by atoms with Gasteiger partial charge in [0.05, 0.1) is 6.04 Å². The third-order valence-electron chi connectivity index (χ3n) is 5.64. The molecule has 3 unspecified atom stereocenters. The number of nitrogens with two attached hydrogens (primary N) is 1. The Bertz CT molecular complexity index is 673. The molecule has 0 aromatic rings. The molecule has 3 amide bonds. The Morgan fingerprint density at radius 1 is 1.23 bits per heavy atom. The summed E-state index contributed by atoms with van der Waals surface area (Å²) in [6.07, 6.45) is 14.6. The van der Waals surface area contributed by atoms with E-state index in [-0.39, 0.29) is 29.8 Å². The highest BCUT2D eigenvalue weighted by atomic mass is 16.2. The van der Waals surface area contributed by atoms with Crippen LogP contribution in [0.3, 0.4) is 0 Å². The first-order chi connectivity index (χ1) is 16.8. The zero-order valence-electron chi connectivity index (χ0n) is 23.4. The van der Waals surface area contributed by atoms with Crippen molar-refractivity contribution in [3.63, 3.8) is 0 Å². The minimum atomic E-state index is -0.445. The predicted octanol–water partition coefficient (Wildman–Crippen LogP) is 4.64. The standard InChI is InChI=1S/C22H36N2O2.C4H10N2O.C2H6/c1-6-9-14-19(12-7-2)17(4)23-22(26)18(5)24-20(13-8-3)15-10-11-16-21(24)25;1-6-4(7)2-3-5;1-2/h7,9,12,14,17-18,20H,2,6,8,10-11,13,15-16H2,1,3-5H3,(H,23,26);2-3,5H2,1H3,(H,6,7);1-2H3/b14-9-,19-12+;;. The van der Waals surface area contributed by atoms with Gasteiger partial charge in [-0.05, 0) is 45.1 Å². The Morgan fingerprint density at radius 2 is 1.89 bits per heavy atom. The van der Waals surface area contributed by atoms with Crippen molar-refractivity contribution < 1.29 is 14.4 Å². The summed E-state index contributed by atoms with van der Waals surface area (Å²) in [5.74, 6) is 0.0280. The summed E-state index contributed by atoms with van der Waals surface area (Å²) in [5.41, 5.74) is 6.05. The quantitative estimate of drug-likeness (QED) is 0.366. The van der Waals surface area contributed by atoms with Crippen molar-refractivity contribution in [2.45, 2.75) is 111 Å². The van der Waals surface area contributed by atoms with Gasteiger partial charge < -0.3 is 21.3 Å². The molecule has 0 spiro atoms. The first-order valence-electron chi connectivity index (χ1n) is 13.3. The highest BCUT2D eigenvalue weighted by Crippen LogP contribution is 2.24. The highest BCUT2D eigenvalue weighted by molar-refractivity contribution is 5.88. The molecule has 0 bridgehead atoms. The van der Waals surface area contributed by atoms with E-state index < -0.39 is 6.04 Å². The summed E-state index contributed by atoms with van der Waals surface area (Å²) in [5, 5.41) is 5.52. The van der Waals surface area contributed by atoms with Crippen LogP contribution in [0.1, 0.15) is 92.9 Å². The van der Waals surface area contributed by atoms with E-state index in [2.05, 4.69) is 37.1 Å². The molecule has 7 nitrogen and oxygen atoms in total. The molecular weight excluding hydrogens is 440 g/mol. The van der Waals surface area contributed by atoms with Crippen LogP contribution >= 0.6 is 0 Å². The van der Waals surface area contributed by atoms with E-state index in [1.54, 1.807) is 13.1 Å². The molecular formula is C28H52N4O3. The Balaban J connectivity index is 0. The summed E-state index contributed by atoms with van der Waals surface area (Å²) in [4.78, 5) is 37.5. The molecule has 7 heteroatoms. The van der Waals surface area contributed by atoms with Crippen LogP contribution in [-0.2, 0) is 14.4 Å². The molecule has 1 aliphatic rings. The number of hydrogen-bond donors (Lipinski definition) is 3. The second kappa shape index (κ2) is 22.1. The number of likely N-dealkylation sites (tertiary alicyclic amines) is 1. The fraction of sp³-hybridized carbons (Fsp3) is 0.679. The Morgan fingerprint density at radius 3 is 2.37 bits per heavy atom. The maximum Gasteiger partial charge on any atom is 0.243 e. The molecule has 1 rings (SSSR count). The van der Waals surface area contributed by atoms with Crippen LogP contribution in [-0.4, -0.2) is 54.3 Å². The average molecular weight is 493 g/mol. The van der Waals surface area contributed by atoms with Crippen LogP contribution in [0.5, 0.6) is 0 Å². The van der Waals surface area contributed by atoms with Crippen molar-refractivity contribution in [1.29, 1.82) is 0 Å². The molecule has 35 heavy (non-hydrogen) atoms. The van der Waals surface area contributed by atoms with Crippen molar-refractivity contribution in [3.05, 3.63) is 36.5 Å². The number of rotatable bonds is 11. The smallest absolute Gasteiger partial charge is 0.243 e. The summed E-state index contributed by atoms with van der Waals surface area (Å²) in [6, 6.07) is -0.397. The zero-order chi connectivity index (χ0) is 27.2. The lowest BCUT2D eigenvalue weighted by molar-refractivity contribution is -0.142. The Labute approximate surface area is 214 Å². The summed E-state index contributed by atoms with van der Waals surface area (Å²) >= 11 is 0. The normalized spacial score (nSPS) is 17.7. The number of allylic oxidation sites excluding steroid dienone is 3. The van der Waals surface area contributed by atoms with Crippen LogP contribution < -0.4 is 16.4 Å². The van der Waals surface area contributed by atoms with Crippen LogP contribution in [0.2, 0.25) is 0 Å². The average Bonchev–Trinajstić information content (AvgIpc) is 3.03. The van der Waals surface area contributed by atoms with Crippen LogP contribution in [0, 0.1) is 0 Å². The molecule has 3 atom stereocenters. The van der Waals surface area contributed by atoms with Gasteiger partial charge in [-0.2, -0.15) is 0 Å². The summed E-state index contributed by atoms with van der Waals surface area (Å²) in [6.45, 7) is 16.2. The largest absolute Gasteiger partial charge is 0.359 e. The van der Waals surface area contributed by atoms with E-state index in [0.717, 1.165) is 44.1 Å². The molecule has 1 heterocycles. The van der Waals surface area contributed by atoms with Gasteiger partial charge in [-0.1, -0.05) is 71.4 Å². The van der Waals surface area contributed by atoms with E-state index >= 15 is 0 Å². The lowest BCUT2D eigenvalue weighted by Gasteiger charge is -2.35. The number of carbonyl (C=O) groups excluding carboxylic acids is 3. The maximum atomic E-state index is 12.9. The van der Waals surface area contributed by atoms with Gasteiger partial charge in [-0.15, -0.1) is 0 Å². The second-order valence-corrected chi connectivity index (χ2v) is 8.32. The van der Waals surface area contributed by atoms with Gasteiger partial charge in [-0.3, -0.25) is 14.4 Å². The monoisotopic (exact) mass is 492 g/mol. The Hall–Kier alpha value is -2.41. The molecule has 0 aromatic heterocycles. The lowest BCUT2D eigenvalue weighted by atomic mass is 10.0. The Kier molecular flexibility index (Phi) is 21.9. The van der Waals surface area contributed by atoms with Gasteiger partial charge in [-0.25, -0.2) is 0 Å². The fourth-order valence-corrected chi connectivity index (χ4v) is 3.81. The zero-order valence-corrected chi connectivity index (χ0v) is 23.4. The number of amides is 3. The molecule has 1 fully saturated rings. The maximum absolute atomic E-state index is 12.9. The van der Waals surface area contributed by atoms with Crippen molar-refractivity contribution in [2.24, 2.45) is 5.73 Å². The van der Waals surface area contributed by atoms with E-state index in [0.29, 0.717) is 19.4 Å². The van der Waals surface area contributed by atoms with E-state index in [1.165, 1.54) is 0 Å². The highest BCUT2D eigenvalue weighted by Gasteiger charge is 2.33. The van der Waals surface area contributed by atoms with Gasteiger partial charge in [0.1, 0.15) is 6.04 Å².